The number of H-pyrrole nitrogens is 1. The zero-order valence-electron chi connectivity index (χ0n) is 24.8. The van der Waals surface area contributed by atoms with Gasteiger partial charge in [0, 0.05) is 36.1 Å². The lowest BCUT2D eigenvalue weighted by Crippen LogP contribution is -2.37. The Morgan fingerprint density at radius 3 is 2.80 bits per heavy atom. The van der Waals surface area contributed by atoms with Gasteiger partial charge < -0.3 is 28.9 Å². The van der Waals surface area contributed by atoms with Gasteiger partial charge in [-0.15, -0.1) is 0 Å². The van der Waals surface area contributed by atoms with E-state index in [1.165, 1.54) is 12.6 Å². The average Bonchev–Trinajstić information content (AvgIpc) is 3.61. The lowest BCUT2D eigenvalue weighted by atomic mass is 10.0. The molecule has 4 heterocycles. The first-order valence-electron chi connectivity index (χ1n) is 14.6. The topological polar surface area (TPSA) is 146 Å². The van der Waals surface area contributed by atoms with Crippen LogP contribution < -0.4 is 10.1 Å². The number of benzene rings is 2. The maximum absolute atomic E-state index is 13.8. The van der Waals surface area contributed by atoms with Gasteiger partial charge in [-0.3, -0.25) is 4.79 Å². The molecule has 0 radical (unpaired) electrons. The van der Waals surface area contributed by atoms with E-state index in [9.17, 15) is 13.2 Å². The standard InChI is InChI=1S/C32H33ClN4O7S/c1-19-13-20-5-3-6-27(30(20)43-19)44-22-9-10-24(26(33)14-22)29(38)25-15-34-31-28(25)32(36-18-35-31)37-21-7-8-23(42-16-21)17-41-11-4-12-45(2,39)40/h3,5-6,9-10,13-15,18,21,23H,4,7-8,11-12,16-17H2,1-2H3,(H2,34,35,36,37)/t21-,23+/m1/s1. The number of halogens is 1. The number of aromatic nitrogens is 3. The van der Waals surface area contributed by atoms with Crippen LogP contribution >= 0.6 is 11.6 Å². The van der Waals surface area contributed by atoms with E-state index in [0.717, 1.165) is 24.0 Å². The normalized spacial score (nSPS) is 17.1. The number of hydrogen-bond acceptors (Lipinski definition) is 10. The molecule has 2 N–H and O–H groups in total. The molecule has 236 valence electrons. The molecule has 1 fully saturated rings. The number of ether oxygens (including phenoxy) is 3. The molecule has 45 heavy (non-hydrogen) atoms. The molecule has 0 bridgehead atoms. The van der Waals surface area contributed by atoms with Gasteiger partial charge >= 0.3 is 0 Å². The molecule has 0 aliphatic carbocycles. The summed E-state index contributed by atoms with van der Waals surface area (Å²) >= 11 is 6.63. The van der Waals surface area contributed by atoms with Crippen LogP contribution in [0.3, 0.4) is 0 Å². The molecule has 13 heteroatoms. The number of ketones is 1. The Balaban J connectivity index is 1.12. The molecule has 6 rings (SSSR count). The second-order valence-corrected chi connectivity index (χ2v) is 13.9. The number of furan rings is 1. The zero-order chi connectivity index (χ0) is 31.6. The number of sulfone groups is 1. The molecular formula is C32H33ClN4O7S. The minimum Gasteiger partial charge on any atom is -0.457 e. The summed E-state index contributed by atoms with van der Waals surface area (Å²) in [5, 5.41) is 5.16. The van der Waals surface area contributed by atoms with E-state index in [2.05, 4.69) is 20.3 Å². The molecule has 11 nitrogen and oxygen atoms in total. The number of aromatic amines is 1. The van der Waals surface area contributed by atoms with Crippen molar-refractivity contribution in [1.29, 1.82) is 0 Å². The van der Waals surface area contributed by atoms with E-state index < -0.39 is 9.84 Å². The number of aryl methyl sites for hydroxylation is 1. The molecule has 5 aromatic rings. The third kappa shape index (κ3) is 7.30. The maximum Gasteiger partial charge on any atom is 0.196 e. The summed E-state index contributed by atoms with van der Waals surface area (Å²) in [5.74, 6) is 2.14. The number of rotatable bonds is 12. The number of anilines is 1. The van der Waals surface area contributed by atoms with Gasteiger partial charge in [0.2, 0.25) is 0 Å². The van der Waals surface area contributed by atoms with Gasteiger partial charge in [0.05, 0.1) is 47.1 Å². The Hall–Kier alpha value is -3.97. The molecule has 1 saturated heterocycles. The lowest BCUT2D eigenvalue weighted by Gasteiger charge is -2.30. The van der Waals surface area contributed by atoms with Gasteiger partial charge in [0.1, 0.15) is 39.1 Å². The summed E-state index contributed by atoms with van der Waals surface area (Å²) in [6.45, 7) is 3.09. The molecular weight excluding hydrogens is 620 g/mol. The summed E-state index contributed by atoms with van der Waals surface area (Å²) in [6, 6.07) is 12.5. The van der Waals surface area contributed by atoms with Crippen LogP contribution in [0.1, 0.15) is 40.9 Å². The van der Waals surface area contributed by atoms with Gasteiger partial charge in [-0.25, -0.2) is 18.4 Å². The summed E-state index contributed by atoms with van der Waals surface area (Å²) in [4.78, 5) is 25.6. The lowest BCUT2D eigenvalue weighted by molar-refractivity contribution is -0.0443. The van der Waals surface area contributed by atoms with Crippen molar-refractivity contribution < 1.29 is 31.8 Å². The van der Waals surface area contributed by atoms with Crippen molar-refractivity contribution in [2.24, 2.45) is 0 Å². The van der Waals surface area contributed by atoms with Crippen LogP contribution in [-0.2, 0) is 19.3 Å². The van der Waals surface area contributed by atoms with Crippen molar-refractivity contribution in [2.45, 2.75) is 38.3 Å². The van der Waals surface area contributed by atoms with Crippen LogP contribution in [0, 0.1) is 6.92 Å². The predicted octanol–water partition coefficient (Wildman–Crippen LogP) is 6.10. The van der Waals surface area contributed by atoms with E-state index in [4.69, 9.17) is 30.2 Å². The summed E-state index contributed by atoms with van der Waals surface area (Å²) in [5.41, 5.74) is 1.86. The monoisotopic (exact) mass is 652 g/mol. The molecule has 0 unspecified atom stereocenters. The van der Waals surface area contributed by atoms with Gasteiger partial charge in [-0.1, -0.05) is 23.7 Å². The quantitative estimate of drug-likeness (QED) is 0.120. The van der Waals surface area contributed by atoms with Crippen molar-refractivity contribution in [1.82, 2.24) is 15.0 Å². The van der Waals surface area contributed by atoms with Crippen molar-refractivity contribution in [2.75, 3.05) is 37.1 Å². The van der Waals surface area contributed by atoms with E-state index in [1.54, 1.807) is 24.4 Å². The third-order valence-electron chi connectivity index (χ3n) is 7.58. The molecule has 3 aromatic heterocycles. The SMILES string of the molecule is Cc1cc2cccc(Oc3ccc(C(=O)c4c[nH]c5ncnc(N[C@@H]6CC[C@@H](COCCCS(C)(=O)=O)OC6)c45)c(Cl)c3)c2o1. The first kappa shape index (κ1) is 31.0. The zero-order valence-corrected chi connectivity index (χ0v) is 26.4. The van der Waals surface area contributed by atoms with Crippen molar-refractivity contribution in [3.05, 3.63) is 76.9 Å². The summed E-state index contributed by atoms with van der Waals surface area (Å²) < 4.78 is 46.0. The van der Waals surface area contributed by atoms with Crippen LogP contribution in [0.15, 0.2) is 59.4 Å². The van der Waals surface area contributed by atoms with Crippen LogP contribution in [0.4, 0.5) is 5.82 Å². The predicted molar refractivity (Wildman–Crippen MR) is 171 cm³/mol. The van der Waals surface area contributed by atoms with E-state index in [1.807, 2.05) is 31.2 Å². The highest BCUT2D eigenvalue weighted by Gasteiger charge is 2.25. The van der Waals surface area contributed by atoms with Gasteiger partial charge in [-0.05, 0) is 50.5 Å². The molecule has 1 aliphatic rings. The largest absolute Gasteiger partial charge is 0.457 e. The third-order valence-corrected chi connectivity index (χ3v) is 8.92. The Bertz CT molecular complexity index is 1950. The Morgan fingerprint density at radius 2 is 2.02 bits per heavy atom. The van der Waals surface area contributed by atoms with Crippen LogP contribution in [-0.4, -0.2) is 73.1 Å². The first-order chi connectivity index (χ1) is 21.6. The number of carbonyl (C=O) groups is 1. The number of nitrogens with zero attached hydrogens (tertiary/aromatic N) is 2. The maximum atomic E-state index is 13.8. The van der Waals surface area contributed by atoms with Gasteiger partial charge in [0.25, 0.3) is 0 Å². The fourth-order valence-electron chi connectivity index (χ4n) is 5.39. The number of fused-ring (bicyclic) bond motifs is 2. The Kier molecular flexibility index (Phi) is 9.09. The molecule has 1 aliphatic heterocycles. The van der Waals surface area contributed by atoms with Crippen molar-refractivity contribution in [3.63, 3.8) is 0 Å². The van der Waals surface area contributed by atoms with Crippen molar-refractivity contribution in [3.8, 4) is 11.5 Å². The number of carbonyl (C=O) groups excluding carboxylic acids is 1. The van der Waals surface area contributed by atoms with Crippen LogP contribution in [0.25, 0.3) is 22.0 Å². The average molecular weight is 653 g/mol. The van der Waals surface area contributed by atoms with E-state index in [0.29, 0.717) is 71.3 Å². The summed E-state index contributed by atoms with van der Waals surface area (Å²) in [7, 11) is -2.99. The molecule has 0 spiro atoms. The highest BCUT2D eigenvalue weighted by Crippen LogP contribution is 2.35. The Morgan fingerprint density at radius 1 is 1.16 bits per heavy atom. The fraction of sp³-hybridized carbons (Fsp3) is 0.344. The first-order valence-corrected chi connectivity index (χ1v) is 17.1. The van der Waals surface area contributed by atoms with Crippen molar-refractivity contribution >= 4 is 55.0 Å². The second-order valence-electron chi connectivity index (χ2n) is 11.2. The summed E-state index contributed by atoms with van der Waals surface area (Å²) in [6.07, 6.45) is 6.22. The molecule has 0 saturated carbocycles. The van der Waals surface area contributed by atoms with Crippen LogP contribution in [0.2, 0.25) is 5.02 Å². The number of nitrogens with one attached hydrogen (secondary N) is 2. The smallest absolute Gasteiger partial charge is 0.196 e. The molecule has 0 amide bonds. The highest BCUT2D eigenvalue weighted by atomic mass is 35.5. The van der Waals surface area contributed by atoms with E-state index >= 15 is 0 Å². The van der Waals surface area contributed by atoms with Crippen LogP contribution in [0.5, 0.6) is 11.5 Å². The molecule has 2 atom stereocenters. The second kappa shape index (κ2) is 13.2. The highest BCUT2D eigenvalue weighted by molar-refractivity contribution is 7.90. The molecule has 2 aromatic carbocycles. The Labute approximate surface area is 265 Å². The number of para-hydroxylation sites is 1. The van der Waals surface area contributed by atoms with Gasteiger partial charge in [-0.2, -0.15) is 0 Å². The minimum atomic E-state index is -2.99. The van der Waals surface area contributed by atoms with Gasteiger partial charge in [0.15, 0.2) is 17.1 Å². The van der Waals surface area contributed by atoms with E-state index in [-0.39, 0.29) is 28.7 Å². The number of hydrogen-bond donors (Lipinski definition) is 2. The fourth-order valence-corrected chi connectivity index (χ4v) is 6.29. The minimum absolute atomic E-state index is 0.0372.